The third-order valence-corrected chi connectivity index (χ3v) is 4.62. The molecule has 25 heavy (non-hydrogen) atoms. The Morgan fingerprint density at radius 2 is 1.96 bits per heavy atom. The topological polar surface area (TPSA) is 60.0 Å². The lowest BCUT2D eigenvalue weighted by molar-refractivity contribution is -0.900. The lowest BCUT2D eigenvalue weighted by Crippen LogP contribution is -3.15. The summed E-state index contributed by atoms with van der Waals surface area (Å²) in [7, 11) is 0. The number of quaternary nitrogens is 1. The predicted octanol–water partition coefficient (Wildman–Crippen LogP) is 0.217. The molecule has 0 atom stereocenters. The van der Waals surface area contributed by atoms with Crippen molar-refractivity contribution in [2.75, 3.05) is 44.2 Å². The molecule has 130 valence electrons. The van der Waals surface area contributed by atoms with E-state index in [1.807, 2.05) is 41.8 Å². The number of aromatic nitrogens is 4. The van der Waals surface area contributed by atoms with Crippen LogP contribution in [0, 0.1) is 6.92 Å². The van der Waals surface area contributed by atoms with Crippen LogP contribution in [-0.4, -0.2) is 58.9 Å². The summed E-state index contributed by atoms with van der Waals surface area (Å²) >= 11 is 0. The molecule has 7 heteroatoms. The van der Waals surface area contributed by atoms with Crippen molar-refractivity contribution in [3.8, 4) is 5.75 Å². The molecule has 1 N–H and O–H groups in total. The highest BCUT2D eigenvalue weighted by Gasteiger charge is 2.22. The second-order valence-electron chi connectivity index (χ2n) is 6.38. The molecule has 1 aromatic carbocycles. The molecule has 3 aromatic rings. The first kappa shape index (κ1) is 15.8. The van der Waals surface area contributed by atoms with Crippen molar-refractivity contribution in [3.05, 3.63) is 48.4 Å². The fraction of sp³-hybridized carbons (Fsp3) is 0.389. The standard InChI is InChI=1S/C18H22N6O/c1-15-13-17(24-18(21-15)19-14-20-24)23-9-7-22(8-10-23)11-12-25-16-5-3-2-4-6-16/h2-6,13-14H,7-12H2,1H3/p+1. The molecule has 0 saturated carbocycles. The maximum Gasteiger partial charge on any atom is 0.254 e. The van der Waals surface area contributed by atoms with Crippen LogP contribution in [0.15, 0.2) is 42.7 Å². The van der Waals surface area contributed by atoms with Gasteiger partial charge in [0.25, 0.3) is 5.78 Å². The van der Waals surface area contributed by atoms with Gasteiger partial charge < -0.3 is 14.5 Å². The molecule has 0 bridgehead atoms. The van der Waals surface area contributed by atoms with E-state index in [2.05, 4.69) is 26.0 Å². The quantitative estimate of drug-likeness (QED) is 0.720. The molecular formula is C18H23N6O+. The Hall–Kier alpha value is -2.67. The zero-order valence-electron chi connectivity index (χ0n) is 14.4. The minimum atomic E-state index is 0.668. The second-order valence-corrected chi connectivity index (χ2v) is 6.38. The van der Waals surface area contributed by atoms with Gasteiger partial charge in [0, 0.05) is 11.8 Å². The van der Waals surface area contributed by atoms with Gasteiger partial charge in [0.1, 0.15) is 31.0 Å². The Morgan fingerprint density at radius 1 is 1.16 bits per heavy atom. The fourth-order valence-corrected chi connectivity index (χ4v) is 3.27. The van der Waals surface area contributed by atoms with Crippen molar-refractivity contribution < 1.29 is 9.64 Å². The molecule has 0 radical (unpaired) electrons. The first-order valence-electron chi connectivity index (χ1n) is 8.73. The van der Waals surface area contributed by atoms with Crippen LogP contribution in [0.1, 0.15) is 5.69 Å². The van der Waals surface area contributed by atoms with Crippen LogP contribution in [0.5, 0.6) is 5.75 Å². The third kappa shape index (κ3) is 3.56. The molecule has 1 saturated heterocycles. The number of aryl methyl sites for hydroxylation is 1. The number of nitrogens with zero attached hydrogens (tertiary/aromatic N) is 5. The van der Waals surface area contributed by atoms with E-state index in [-0.39, 0.29) is 0 Å². The summed E-state index contributed by atoms with van der Waals surface area (Å²) in [5.74, 6) is 2.70. The summed E-state index contributed by atoms with van der Waals surface area (Å²) in [5, 5.41) is 4.31. The molecule has 1 aliphatic heterocycles. The molecule has 0 spiro atoms. The first-order valence-corrected chi connectivity index (χ1v) is 8.73. The predicted molar refractivity (Wildman–Crippen MR) is 95.2 cm³/mol. The Morgan fingerprint density at radius 3 is 2.76 bits per heavy atom. The van der Waals surface area contributed by atoms with E-state index < -0.39 is 0 Å². The number of benzene rings is 1. The molecule has 1 fully saturated rings. The van der Waals surface area contributed by atoms with Crippen LogP contribution in [-0.2, 0) is 0 Å². The van der Waals surface area contributed by atoms with Crippen molar-refractivity contribution in [1.82, 2.24) is 19.6 Å². The number of hydrogen-bond donors (Lipinski definition) is 1. The molecule has 0 unspecified atom stereocenters. The molecule has 1 aliphatic rings. The van der Waals surface area contributed by atoms with Crippen molar-refractivity contribution in [1.29, 1.82) is 0 Å². The highest BCUT2D eigenvalue weighted by Crippen LogP contribution is 2.15. The van der Waals surface area contributed by atoms with Crippen molar-refractivity contribution in [3.63, 3.8) is 0 Å². The summed E-state index contributed by atoms with van der Waals surface area (Å²) in [6.45, 7) is 7.96. The van der Waals surface area contributed by atoms with Gasteiger partial charge in [-0.25, -0.2) is 4.98 Å². The second kappa shape index (κ2) is 7.06. The smallest absolute Gasteiger partial charge is 0.254 e. The molecule has 7 nitrogen and oxygen atoms in total. The van der Waals surface area contributed by atoms with E-state index in [0.29, 0.717) is 5.78 Å². The zero-order valence-corrected chi connectivity index (χ0v) is 14.4. The Bertz CT molecular complexity index is 826. The van der Waals surface area contributed by atoms with Gasteiger partial charge in [0.05, 0.1) is 26.2 Å². The van der Waals surface area contributed by atoms with Crippen LogP contribution >= 0.6 is 0 Å². The van der Waals surface area contributed by atoms with E-state index >= 15 is 0 Å². The molecular weight excluding hydrogens is 316 g/mol. The van der Waals surface area contributed by atoms with Crippen LogP contribution < -0.4 is 14.5 Å². The van der Waals surface area contributed by atoms with Gasteiger partial charge in [-0.3, -0.25) is 0 Å². The highest BCUT2D eigenvalue weighted by molar-refractivity contribution is 5.47. The molecule has 0 amide bonds. The number of anilines is 1. The van der Waals surface area contributed by atoms with E-state index in [1.165, 1.54) is 0 Å². The molecule has 2 aromatic heterocycles. The van der Waals surface area contributed by atoms with Gasteiger partial charge >= 0.3 is 0 Å². The summed E-state index contributed by atoms with van der Waals surface area (Å²) in [4.78, 5) is 12.6. The number of fused-ring (bicyclic) bond motifs is 1. The largest absolute Gasteiger partial charge is 0.488 e. The van der Waals surface area contributed by atoms with Crippen molar-refractivity contribution in [2.45, 2.75) is 6.92 Å². The van der Waals surface area contributed by atoms with Crippen LogP contribution in [0.3, 0.4) is 0 Å². The lowest BCUT2D eigenvalue weighted by atomic mass is 10.3. The molecule has 4 rings (SSSR count). The van der Waals surface area contributed by atoms with Gasteiger partial charge in [-0.05, 0) is 19.1 Å². The van der Waals surface area contributed by atoms with E-state index in [9.17, 15) is 0 Å². The minimum Gasteiger partial charge on any atom is -0.488 e. The van der Waals surface area contributed by atoms with Gasteiger partial charge in [0.2, 0.25) is 0 Å². The van der Waals surface area contributed by atoms with E-state index in [1.54, 1.807) is 11.2 Å². The van der Waals surface area contributed by atoms with Gasteiger partial charge in [-0.15, -0.1) is 0 Å². The highest BCUT2D eigenvalue weighted by atomic mass is 16.5. The number of nitrogens with one attached hydrogen (secondary N) is 1. The number of para-hydroxylation sites is 1. The summed E-state index contributed by atoms with van der Waals surface area (Å²) < 4.78 is 7.65. The average Bonchev–Trinajstić information content (AvgIpc) is 3.11. The lowest BCUT2D eigenvalue weighted by Gasteiger charge is -2.33. The van der Waals surface area contributed by atoms with Crippen molar-refractivity contribution >= 4 is 11.6 Å². The SMILES string of the molecule is Cc1cc(N2CC[NH+](CCOc3ccccc3)CC2)n2ncnc2n1. The maximum atomic E-state index is 5.82. The summed E-state index contributed by atoms with van der Waals surface area (Å²) in [6.07, 6.45) is 1.56. The van der Waals surface area contributed by atoms with Crippen LogP contribution in [0.2, 0.25) is 0 Å². The zero-order chi connectivity index (χ0) is 17.1. The normalized spacial score (nSPS) is 15.6. The monoisotopic (exact) mass is 339 g/mol. The summed E-state index contributed by atoms with van der Waals surface area (Å²) in [6, 6.07) is 12.1. The van der Waals surface area contributed by atoms with Gasteiger partial charge in [-0.2, -0.15) is 14.6 Å². The Kier molecular flexibility index (Phi) is 4.47. The maximum absolute atomic E-state index is 5.82. The number of hydrogen-bond acceptors (Lipinski definition) is 5. The van der Waals surface area contributed by atoms with Gasteiger partial charge in [-0.1, -0.05) is 18.2 Å². The van der Waals surface area contributed by atoms with Gasteiger partial charge in [0.15, 0.2) is 0 Å². The number of rotatable bonds is 5. The van der Waals surface area contributed by atoms with Crippen LogP contribution in [0.25, 0.3) is 5.78 Å². The number of piperazine rings is 1. The first-order chi connectivity index (χ1) is 12.3. The minimum absolute atomic E-state index is 0.668. The average molecular weight is 339 g/mol. The number of ether oxygens (including phenoxy) is 1. The third-order valence-electron chi connectivity index (χ3n) is 4.62. The van der Waals surface area contributed by atoms with Crippen molar-refractivity contribution in [2.24, 2.45) is 0 Å². The molecule has 0 aliphatic carbocycles. The van der Waals surface area contributed by atoms with Crippen LogP contribution in [0.4, 0.5) is 5.82 Å². The fourth-order valence-electron chi connectivity index (χ4n) is 3.27. The van der Waals surface area contributed by atoms with E-state index in [0.717, 1.165) is 56.6 Å². The molecule has 3 heterocycles. The Balaban J connectivity index is 1.33. The summed E-state index contributed by atoms with van der Waals surface area (Å²) in [5.41, 5.74) is 0.974. The Labute approximate surface area is 146 Å². The van der Waals surface area contributed by atoms with E-state index in [4.69, 9.17) is 4.74 Å².